The zero-order chi connectivity index (χ0) is 19.1. The first-order chi connectivity index (χ1) is 13.7. The third-order valence-corrected chi connectivity index (χ3v) is 6.86. The molecule has 2 aromatic rings. The minimum atomic E-state index is 0.0991. The lowest BCUT2D eigenvalue weighted by atomic mass is 9.72. The summed E-state index contributed by atoms with van der Waals surface area (Å²) >= 11 is 6.81. The molecule has 7 nitrogen and oxygen atoms in total. The molecule has 0 spiro atoms. The Hall–Kier alpha value is -1.67. The highest BCUT2D eigenvalue weighted by Crippen LogP contribution is 2.45. The van der Waals surface area contributed by atoms with Gasteiger partial charge >= 0.3 is 0 Å². The van der Waals surface area contributed by atoms with Crippen LogP contribution in [0.4, 0.5) is 5.82 Å². The number of nitrogens with one attached hydrogen (secondary N) is 2. The van der Waals surface area contributed by atoms with E-state index >= 15 is 0 Å². The predicted molar refractivity (Wildman–Crippen MR) is 108 cm³/mol. The maximum absolute atomic E-state index is 6.81. The zero-order valence-electron chi connectivity index (χ0n) is 16.1. The van der Waals surface area contributed by atoms with E-state index in [9.17, 15) is 0 Å². The topological polar surface area (TPSA) is 67.2 Å². The molecule has 0 bridgehead atoms. The molecule has 2 N–H and O–H groups in total. The van der Waals surface area contributed by atoms with Crippen molar-refractivity contribution in [2.45, 2.75) is 36.2 Å². The lowest BCUT2D eigenvalue weighted by molar-refractivity contribution is 0.122. The number of fused-ring (bicyclic) bond motifs is 1. The maximum Gasteiger partial charge on any atom is 0.128 e. The number of hydrazine groups is 1. The van der Waals surface area contributed by atoms with Gasteiger partial charge in [0.25, 0.3) is 0 Å². The molecule has 3 fully saturated rings. The van der Waals surface area contributed by atoms with Gasteiger partial charge in [-0.3, -0.25) is 10.1 Å². The van der Waals surface area contributed by atoms with E-state index in [-0.39, 0.29) is 17.5 Å². The highest BCUT2D eigenvalue weighted by atomic mass is 35.5. The molecule has 0 radical (unpaired) electrons. The SMILES string of the molecule is Cn1cc(C2CC(Cl)C3NNC(c4ccnc(N5CCOCC5)c4)C3C2)cn1. The minimum Gasteiger partial charge on any atom is -0.378 e. The van der Waals surface area contributed by atoms with Crippen LogP contribution >= 0.6 is 11.6 Å². The predicted octanol–water partition coefficient (Wildman–Crippen LogP) is 1.97. The van der Waals surface area contributed by atoms with E-state index in [2.05, 4.69) is 44.2 Å². The number of nitrogens with zero attached hydrogens (tertiary/aromatic N) is 4. The van der Waals surface area contributed by atoms with Crippen molar-refractivity contribution in [2.75, 3.05) is 31.2 Å². The van der Waals surface area contributed by atoms with Crippen LogP contribution in [0.3, 0.4) is 0 Å². The zero-order valence-corrected chi connectivity index (χ0v) is 16.8. The first-order valence-corrected chi connectivity index (χ1v) is 10.5. The van der Waals surface area contributed by atoms with Crippen LogP contribution in [-0.4, -0.2) is 52.5 Å². The monoisotopic (exact) mass is 402 g/mol. The molecule has 2 aromatic heterocycles. The number of ether oxygens (including phenoxy) is 1. The molecule has 5 atom stereocenters. The number of pyridine rings is 1. The molecule has 150 valence electrons. The molecule has 28 heavy (non-hydrogen) atoms. The fourth-order valence-electron chi connectivity index (χ4n) is 4.94. The van der Waals surface area contributed by atoms with Crippen LogP contribution in [0.1, 0.15) is 35.9 Å². The fraction of sp³-hybridized carbons (Fsp3) is 0.600. The summed E-state index contributed by atoms with van der Waals surface area (Å²) in [6.45, 7) is 3.32. The Kier molecular flexibility index (Phi) is 5.00. The van der Waals surface area contributed by atoms with Crippen LogP contribution < -0.4 is 15.8 Å². The van der Waals surface area contributed by atoms with Crippen molar-refractivity contribution in [3.63, 3.8) is 0 Å². The van der Waals surface area contributed by atoms with Crippen LogP contribution in [0.5, 0.6) is 0 Å². The van der Waals surface area contributed by atoms with Crippen molar-refractivity contribution in [3.05, 3.63) is 41.9 Å². The number of hydrogen-bond donors (Lipinski definition) is 2. The van der Waals surface area contributed by atoms with Gasteiger partial charge in [-0.2, -0.15) is 5.10 Å². The molecule has 3 aliphatic rings. The Balaban J connectivity index is 1.38. The van der Waals surface area contributed by atoms with Gasteiger partial charge in [-0.05, 0) is 47.9 Å². The Morgan fingerprint density at radius 2 is 2.04 bits per heavy atom. The standard InChI is InChI=1S/C20H27ClN6O/c1-26-12-15(11-23-26)14-8-16-19(24-25-20(16)17(21)9-14)13-2-3-22-18(10-13)27-4-6-28-7-5-27/h2-3,10-12,14,16-17,19-20,24-25H,4-9H2,1H3. The molecule has 0 amide bonds. The second-order valence-corrected chi connectivity index (χ2v) is 8.70. The summed E-state index contributed by atoms with van der Waals surface area (Å²) in [6.07, 6.45) is 8.12. The highest BCUT2D eigenvalue weighted by Gasteiger charge is 2.46. The lowest BCUT2D eigenvalue weighted by Crippen LogP contribution is -2.43. The number of rotatable bonds is 3. The summed E-state index contributed by atoms with van der Waals surface area (Å²) in [4.78, 5) is 6.91. The van der Waals surface area contributed by atoms with Gasteiger partial charge in [0.05, 0.1) is 30.8 Å². The molecule has 0 aromatic carbocycles. The van der Waals surface area contributed by atoms with Gasteiger partial charge in [-0.25, -0.2) is 10.4 Å². The first-order valence-electron chi connectivity index (χ1n) is 10.1. The number of aromatic nitrogens is 3. The molecule has 2 aliphatic heterocycles. The number of alkyl halides is 1. The van der Waals surface area contributed by atoms with E-state index in [1.807, 2.05) is 24.1 Å². The van der Waals surface area contributed by atoms with Crippen LogP contribution in [0.15, 0.2) is 30.7 Å². The molecule has 1 aliphatic carbocycles. The van der Waals surface area contributed by atoms with E-state index in [0.717, 1.165) is 45.0 Å². The highest BCUT2D eigenvalue weighted by molar-refractivity contribution is 6.21. The third kappa shape index (κ3) is 3.41. The van der Waals surface area contributed by atoms with Crippen molar-refractivity contribution < 1.29 is 4.74 Å². The summed E-state index contributed by atoms with van der Waals surface area (Å²) < 4.78 is 7.36. The lowest BCUT2D eigenvalue weighted by Gasteiger charge is -2.36. The summed E-state index contributed by atoms with van der Waals surface area (Å²) in [7, 11) is 1.97. The second kappa shape index (κ2) is 7.63. The van der Waals surface area contributed by atoms with Crippen molar-refractivity contribution in [1.29, 1.82) is 0 Å². The smallest absolute Gasteiger partial charge is 0.128 e. The van der Waals surface area contributed by atoms with Gasteiger partial charge < -0.3 is 9.64 Å². The Morgan fingerprint density at radius 1 is 1.18 bits per heavy atom. The molecular weight excluding hydrogens is 376 g/mol. The second-order valence-electron chi connectivity index (χ2n) is 8.13. The van der Waals surface area contributed by atoms with Gasteiger partial charge in [-0.15, -0.1) is 11.6 Å². The van der Waals surface area contributed by atoms with Crippen molar-refractivity contribution in [2.24, 2.45) is 13.0 Å². The Labute approximate surface area is 170 Å². The quantitative estimate of drug-likeness (QED) is 0.765. The number of aryl methyl sites for hydroxylation is 1. The average molecular weight is 403 g/mol. The minimum absolute atomic E-state index is 0.0991. The number of hydrogen-bond acceptors (Lipinski definition) is 6. The van der Waals surface area contributed by atoms with E-state index < -0.39 is 0 Å². The Bertz CT molecular complexity index is 823. The van der Waals surface area contributed by atoms with Crippen molar-refractivity contribution >= 4 is 17.4 Å². The van der Waals surface area contributed by atoms with Gasteiger partial charge in [0.2, 0.25) is 0 Å². The van der Waals surface area contributed by atoms with Crippen LogP contribution in [0, 0.1) is 5.92 Å². The molecule has 4 heterocycles. The van der Waals surface area contributed by atoms with E-state index in [0.29, 0.717) is 11.8 Å². The maximum atomic E-state index is 6.81. The molecule has 5 rings (SSSR count). The molecular formula is C20H27ClN6O. The van der Waals surface area contributed by atoms with Crippen molar-refractivity contribution in [3.8, 4) is 0 Å². The third-order valence-electron chi connectivity index (χ3n) is 6.41. The summed E-state index contributed by atoms with van der Waals surface area (Å²) in [5, 5.41) is 4.46. The van der Waals surface area contributed by atoms with E-state index in [1.54, 1.807) is 0 Å². The van der Waals surface area contributed by atoms with Gasteiger partial charge in [0.15, 0.2) is 0 Å². The van der Waals surface area contributed by atoms with Gasteiger partial charge in [-0.1, -0.05) is 0 Å². The summed E-state index contributed by atoms with van der Waals surface area (Å²) in [5.41, 5.74) is 9.57. The number of anilines is 1. The molecule has 2 saturated heterocycles. The Morgan fingerprint density at radius 3 is 2.82 bits per heavy atom. The van der Waals surface area contributed by atoms with Crippen molar-refractivity contribution in [1.82, 2.24) is 25.6 Å². The number of morpholine rings is 1. The normalized spacial score (nSPS) is 33.1. The fourth-order valence-corrected chi connectivity index (χ4v) is 5.40. The van der Waals surface area contributed by atoms with Gasteiger partial charge in [0.1, 0.15) is 5.82 Å². The van der Waals surface area contributed by atoms with Crippen LogP contribution in [0.2, 0.25) is 0 Å². The van der Waals surface area contributed by atoms with Crippen LogP contribution in [-0.2, 0) is 11.8 Å². The summed E-state index contributed by atoms with van der Waals surface area (Å²) in [6, 6.07) is 4.86. The summed E-state index contributed by atoms with van der Waals surface area (Å²) in [5.74, 6) is 1.91. The average Bonchev–Trinajstić information content (AvgIpc) is 3.35. The number of halogens is 1. The molecule has 1 saturated carbocycles. The van der Waals surface area contributed by atoms with E-state index in [1.165, 1.54) is 11.1 Å². The molecule has 5 unspecified atom stereocenters. The van der Waals surface area contributed by atoms with E-state index in [4.69, 9.17) is 16.3 Å². The largest absolute Gasteiger partial charge is 0.378 e. The van der Waals surface area contributed by atoms with Crippen LogP contribution in [0.25, 0.3) is 0 Å². The molecule has 8 heteroatoms. The van der Waals surface area contributed by atoms with Gasteiger partial charge in [0, 0.05) is 38.6 Å². The first kappa shape index (κ1) is 18.4.